The van der Waals surface area contributed by atoms with E-state index in [4.69, 9.17) is 5.11 Å². The standard InChI is InChI=1S/C9H16N2O2/c12-6-9(3-4-9)11-8(13)7-2-1-5-10-7/h7,10,12H,1-6H2,(H,11,13). The summed E-state index contributed by atoms with van der Waals surface area (Å²) in [6, 6.07) is -0.0241. The van der Waals surface area contributed by atoms with Crippen molar-refractivity contribution in [3.63, 3.8) is 0 Å². The summed E-state index contributed by atoms with van der Waals surface area (Å²) in [6.07, 6.45) is 3.83. The number of carbonyl (C=O) groups is 1. The van der Waals surface area contributed by atoms with Crippen LogP contribution in [0.25, 0.3) is 0 Å². The van der Waals surface area contributed by atoms with Crippen LogP contribution in [-0.4, -0.2) is 35.7 Å². The van der Waals surface area contributed by atoms with E-state index >= 15 is 0 Å². The number of rotatable bonds is 3. The Morgan fingerprint density at radius 2 is 2.38 bits per heavy atom. The van der Waals surface area contributed by atoms with Crippen molar-refractivity contribution in [1.29, 1.82) is 0 Å². The SMILES string of the molecule is O=C(NC1(CO)CC1)C1CCCN1. The largest absolute Gasteiger partial charge is 0.394 e. The fourth-order valence-electron chi connectivity index (χ4n) is 1.73. The minimum Gasteiger partial charge on any atom is -0.394 e. The fraction of sp³-hybridized carbons (Fsp3) is 0.889. The molecule has 1 aliphatic heterocycles. The third-order valence-electron chi connectivity index (χ3n) is 2.92. The van der Waals surface area contributed by atoms with Gasteiger partial charge in [-0.15, -0.1) is 0 Å². The van der Waals surface area contributed by atoms with Crippen molar-refractivity contribution >= 4 is 5.91 Å². The maximum absolute atomic E-state index is 11.6. The summed E-state index contributed by atoms with van der Waals surface area (Å²) in [4.78, 5) is 11.6. The first-order valence-corrected chi connectivity index (χ1v) is 4.92. The Hall–Kier alpha value is -0.610. The van der Waals surface area contributed by atoms with E-state index in [9.17, 15) is 4.79 Å². The lowest BCUT2D eigenvalue weighted by molar-refractivity contribution is -0.124. The normalized spacial score (nSPS) is 30.1. The van der Waals surface area contributed by atoms with Crippen molar-refractivity contribution in [3.05, 3.63) is 0 Å². The highest BCUT2D eigenvalue weighted by Gasteiger charge is 2.44. The molecule has 4 heteroatoms. The third kappa shape index (κ3) is 1.84. The molecule has 0 aromatic heterocycles. The molecule has 2 fully saturated rings. The van der Waals surface area contributed by atoms with Crippen LogP contribution in [0.15, 0.2) is 0 Å². The van der Waals surface area contributed by atoms with E-state index in [0.29, 0.717) is 0 Å². The van der Waals surface area contributed by atoms with Crippen LogP contribution in [0.3, 0.4) is 0 Å². The maximum Gasteiger partial charge on any atom is 0.237 e. The van der Waals surface area contributed by atoms with E-state index in [1.807, 2.05) is 0 Å². The van der Waals surface area contributed by atoms with Crippen LogP contribution in [0.2, 0.25) is 0 Å². The van der Waals surface area contributed by atoms with Crippen molar-refractivity contribution in [2.75, 3.05) is 13.2 Å². The van der Waals surface area contributed by atoms with E-state index in [2.05, 4.69) is 10.6 Å². The highest BCUT2D eigenvalue weighted by Crippen LogP contribution is 2.34. The van der Waals surface area contributed by atoms with Gasteiger partial charge in [-0.1, -0.05) is 0 Å². The van der Waals surface area contributed by atoms with Crippen LogP contribution >= 0.6 is 0 Å². The molecule has 2 aliphatic rings. The number of nitrogens with one attached hydrogen (secondary N) is 2. The predicted octanol–water partition coefficient (Wildman–Crippen LogP) is -0.621. The third-order valence-corrected chi connectivity index (χ3v) is 2.92. The zero-order valence-electron chi connectivity index (χ0n) is 7.68. The van der Waals surface area contributed by atoms with Gasteiger partial charge in [0, 0.05) is 0 Å². The average molecular weight is 184 g/mol. The second-order valence-electron chi connectivity index (χ2n) is 4.08. The molecule has 1 atom stereocenters. The van der Waals surface area contributed by atoms with Gasteiger partial charge in [0.05, 0.1) is 18.2 Å². The number of hydrogen-bond donors (Lipinski definition) is 3. The summed E-state index contributed by atoms with van der Waals surface area (Å²) < 4.78 is 0. The van der Waals surface area contributed by atoms with E-state index in [1.54, 1.807) is 0 Å². The second-order valence-corrected chi connectivity index (χ2v) is 4.08. The molecule has 1 amide bonds. The number of aliphatic hydroxyl groups excluding tert-OH is 1. The molecule has 1 saturated carbocycles. The Bertz CT molecular complexity index is 208. The lowest BCUT2D eigenvalue weighted by Gasteiger charge is -2.17. The summed E-state index contributed by atoms with van der Waals surface area (Å²) in [5.41, 5.74) is -0.263. The molecular weight excluding hydrogens is 168 g/mol. The smallest absolute Gasteiger partial charge is 0.237 e. The van der Waals surface area contributed by atoms with Gasteiger partial charge in [0.15, 0.2) is 0 Å². The molecule has 4 nitrogen and oxygen atoms in total. The molecule has 2 rings (SSSR count). The Kier molecular flexibility index (Phi) is 2.26. The Balaban J connectivity index is 1.84. The first-order valence-electron chi connectivity index (χ1n) is 4.92. The van der Waals surface area contributed by atoms with E-state index in [0.717, 1.165) is 32.2 Å². The summed E-state index contributed by atoms with van der Waals surface area (Å²) in [6.45, 7) is 1.01. The van der Waals surface area contributed by atoms with E-state index in [-0.39, 0.29) is 24.1 Å². The zero-order chi connectivity index (χ0) is 9.31. The van der Waals surface area contributed by atoms with Gasteiger partial charge in [0.2, 0.25) is 5.91 Å². The van der Waals surface area contributed by atoms with E-state index < -0.39 is 0 Å². The monoisotopic (exact) mass is 184 g/mol. The van der Waals surface area contributed by atoms with Crippen LogP contribution in [-0.2, 0) is 4.79 Å². The average Bonchev–Trinajstić information content (AvgIpc) is 2.69. The second kappa shape index (κ2) is 3.27. The minimum atomic E-state index is -0.263. The number of amides is 1. The Morgan fingerprint density at radius 3 is 2.85 bits per heavy atom. The van der Waals surface area contributed by atoms with Gasteiger partial charge in [-0.05, 0) is 32.2 Å². The summed E-state index contributed by atoms with van der Waals surface area (Å²) in [7, 11) is 0. The molecule has 0 bridgehead atoms. The first-order chi connectivity index (χ1) is 6.26. The van der Waals surface area contributed by atoms with E-state index in [1.165, 1.54) is 0 Å². The molecule has 0 aromatic carbocycles. The molecule has 13 heavy (non-hydrogen) atoms. The van der Waals surface area contributed by atoms with Gasteiger partial charge >= 0.3 is 0 Å². The maximum atomic E-state index is 11.6. The fourth-order valence-corrected chi connectivity index (χ4v) is 1.73. The lowest BCUT2D eigenvalue weighted by atomic mass is 10.2. The molecule has 1 saturated heterocycles. The molecule has 0 spiro atoms. The number of hydrogen-bond acceptors (Lipinski definition) is 3. The number of aliphatic hydroxyl groups is 1. The van der Waals surface area contributed by atoms with Gasteiger partial charge in [-0.25, -0.2) is 0 Å². The predicted molar refractivity (Wildman–Crippen MR) is 48.2 cm³/mol. The van der Waals surface area contributed by atoms with Crippen LogP contribution in [0.5, 0.6) is 0 Å². The van der Waals surface area contributed by atoms with Crippen LogP contribution in [0, 0.1) is 0 Å². The van der Waals surface area contributed by atoms with Crippen LogP contribution in [0.4, 0.5) is 0 Å². The van der Waals surface area contributed by atoms with Gasteiger partial charge in [0.25, 0.3) is 0 Å². The highest BCUT2D eigenvalue weighted by molar-refractivity contribution is 5.83. The molecule has 0 radical (unpaired) electrons. The molecule has 1 aliphatic carbocycles. The first kappa shape index (κ1) is 8.97. The summed E-state index contributed by atoms with van der Waals surface area (Å²) in [5.74, 6) is 0.0593. The highest BCUT2D eigenvalue weighted by atomic mass is 16.3. The molecule has 1 heterocycles. The van der Waals surface area contributed by atoms with Crippen molar-refractivity contribution < 1.29 is 9.90 Å². The van der Waals surface area contributed by atoms with Gasteiger partial charge in [-0.2, -0.15) is 0 Å². The van der Waals surface area contributed by atoms with Gasteiger partial charge in [-0.3, -0.25) is 4.79 Å². The zero-order valence-corrected chi connectivity index (χ0v) is 7.68. The van der Waals surface area contributed by atoms with Crippen LogP contribution in [0.1, 0.15) is 25.7 Å². The molecular formula is C9H16N2O2. The van der Waals surface area contributed by atoms with Gasteiger partial charge in [0.1, 0.15) is 0 Å². The van der Waals surface area contributed by atoms with Crippen molar-refractivity contribution in [3.8, 4) is 0 Å². The van der Waals surface area contributed by atoms with Crippen molar-refractivity contribution in [2.24, 2.45) is 0 Å². The number of carbonyl (C=O) groups excluding carboxylic acids is 1. The van der Waals surface area contributed by atoms with Crippen molar-refractivity contribution in [2.45, 2.75) is 37.3 Å². The summed E-state index contributed by atoms with van der Waals surface area (Å²) >= 11 is 0. The molecule has 1 unspecified atom stereocenters. The quantitative estimate of drug-likeness (QED) is 0.548. The molecule has 74 valence electrons. The Labute approximate surface area is 77.7 Å². The lowest BCUT2D eigenvalue weighted by Crippen LogP contribution is -2.47. The molecule has 0 aromatic rings. The van der Waals surface area contributed by atoms with Crippen molar-refractivity contribution in [1.82, 2.24) is 10.6 Å². The van der Waals surface area contributed by atoms with Gasteiger partial charge < -0.3 is 15.7 Å². The molecule has 3 N–H and O–H groups in total. The topological polar surface area (TPSA) is 61.4 Å². The Morgan fingerprint density at radius 1 is 1.62 bits per heavy atom. The van der Waals surface area contributed by atoms with Crippen LogP contribution < -0.4 is 10.6 Å². The minimum absolute atomic E-state index is 0.0241. The summed E-state index contributed by atoms with van der Waals surface area (Å²) in [5, 5.41) is 15.1.